The summed E-state index contributed by atoms with van der Waals surface area (Å²) in [5, 5.41) is 2.47. The van der Waals surface area contributed by atoms with Crippen LogP contribution >= 0.6 is 0 Å². The highest BCUT2D eigenvalue weighted by Crippen LogP contribution is 2.50. The van der Waals surface area contributed by atoms with Crippen molar-refractivity contribution in [1.29, 1.82) is 0 Å². The van der Waals surface area contributed by atoms with Crippen LogP contribution in [0.1, 0.15) is 5.56 Å². The first-order valence-electron chi connectivity index (χ1n) is 28.1. The quantitative estimate of drug-likeness (QED) is 0.135. The number of nitrogens with zero attached hydrogens (tertiary/aromatic N) is 5. The molecule has 0 atom stereocenters. The Balaban J connectivity index is 0.998. The summed E-state index contributed by atoms with van der Waals surface area (Å²) in [4.78, 5) is 18.0. The first-order valence-corrected chi connectivity index (χ1v) is 28.1. The molecule has 0 fully saturated rings. The van der Waals surface area contributed by atoms with E-state index in [1.807, 2.05) is 36.4 Å². The van der Waals surface area contributed by atoms with E-state index in [2.05, 4.69) is 265 Å². The number of rotatable bonds is 9. The van der Waals surface area contributed by atoms with Crippen molar-refractivity contribution in [1.82, 2.24) is 19.4 Å². The van der Waals surface area contributed by atoms with Gasteiger partial charge in [-0.1, -0.05) is 231 Å². The van der Waals surface area contributed by atoms with Crippen LogP contribution in [0.25, 0.3) is 123 Å². The lowest BCUT2D eigenvalue weighted by Crippen LogP contribution is -2.57. The molecule has 6 heteroatoms. The van der Waals surface area contributed by atoms with Gasteiger partial charge in [-0.15, -0.1) is 0 Å². The molecule has 0 unspecified atom stereocenters. The van der Waals surface area contributed by atoms with Crippen LogP contribution in [0.2, 0.25) is 0 Å². The maximum Gasteiger partial charge on any atom is 0.333 e. The Morgan fingerprint density at radius 3 is 1.35 bits per heavy atom. The Hall–Kier alpha value is -10.7. The fourth-order valence-electron chi connectivity index (χ4n) is 13.0. The molecule has 2 aliphatic heterocycles. The van der Waals surface area contributed by atoms with Crippen LogP contribution in [0, 0.1) is 6.92 Å². The maximum absolute atomic E-state index is 5.22. The van der Waals surface area contributed by atoms with Gasteiger partial charge in [0.2, 0.25) is 0 Å². The Kier molecular flexibility index (Phi) is 11.1. The summed E-state index contributed by atoms with van der Waals surface area (Å²) in [5.74, 6) is 1.88. The van der Waals surface area contributed by atoms with E-state index in [4.69, 9.17) is 15.0 Å². The topological polar surface area (TPSA) is 46.8 Å². The molecule has 2 aromatic heterocycles. The SMILES string of the molecule is Cc1c(-c2cccc(-c3nc(-c4ccccc4)nc(-c4ccccc4)n3)c2)cc2c3c1-c1cc(-c4ccccc4)cc4c5cc(-c6ccccc6)ccc5n(c14)B3c1cc(-c3ccccc3)ccc1N2c1ccc(-c2ccccc2)cc1. The largest absolute Gasteiger partial charge is 0.375 e. The second-order valence-corrected chi connectivity index (χ2v) is 21.5. The highest BCUT2D eigenvalue weighted by Gasteiger charge is 2.44. The van der Waals surface area contributed by atoms with E-state index in [9.17, 15) is 0 Å². The zero-order valence-corrected chi connectivity index (χ0v) is 44.9. The molecule has 16 rings (SSSR count). The van der Waals surface area contributed by atoms with Gasteiger partial charge in [0.1, 0.15) is 0 Å². The summed E-state index contributed by atoms with van der Waals surface area (Å²) in [6.07, 6.45) is 0. The molecule has 5 nitrogen and oxygen atoms in total. The Morgan fingerprint density at radius 1 is 0.317 bits per heavy atom. The molecule has 382 valence electrons. The average Bonchev–Trinajstić information content (AvgIpc) is 3.10. The molecule has 2 aliphatic rings. The second-order valence-electron chi connectivity index (χ2n) is 21.5. The molecule has 14 aromatic rings. The van der Waals surface area contributed by atoms with Crippen molar-refractivity contribution in [3.8, 4) is 101 Å². The highest BCUT2D eigenvalue weighted by molar-refractivity contribution is 6.90. The van der Waals surface area contributed by atoms with Crippen molar-refractivity contribution >= 4 is 56.6 Å². The van der Waals surface area contributed by atoms with Gasteiger partial charge in [-0.05, 0) is 139 Å². The van der Waals surface area contributed by atoms with Gasteiger partial charge in [0.25, 0.3) is 0 Å². The predicted molar refractivity (Wildman–Crippen MR) is 342 cm³/mol. The third-order valence-electron chi connectivity index (χ3n) is 16.8. The van der Waals surface area contributed by atoms with Gasteiger partial charge in [0.05, 0.1) is 0 Å². The lowest BCUT2D eigenvalue weighted by Gasteiger charge is -2.42. The minimum atomic E-state index is -0.182. The molecule has 0 N–H and O–H groups in total. The van der Waals surface area contributed by atoms with Crippen molar-refractivity contribution in [2.75, 3.05) is 4.90 Å². The molecule has 82 heavy (non-hydrogen) atoms. The molecule has 0 amide bonds. The number of hydrogen-bond donors (Lipinski definition) is 0. The van der Waals surface area contributed by atoms with Gasteiger partial charge in [-0.3, -0.25) is 0 Å². The number of aromatic nitrogens is 4. The van der Waals surface area contributed by atoms with Gasteiger partial charge in [0.15, 0.2) is 17.5 Å². The fourth-order valence-corrected chi connectivity index (χ4v) is 13.0. The standard InChI is InChI=1S/C76H50BN5/c1-49-63(59-33-20-34-60(43-59)76-79-74(55-29-16-6-17-30-55)78-75(80-76)56-31-18-7-19-32-56)48-70-72-71(49)66-46-61(53-27-14-5-15-28-53)45-65-64-44-57(51-23-10-3-11-24-51)37-41-68(64)82(73(65)66)77(72)67-47-58(52-25-12-4-13-26-52)38-42-69(67)81(70)62-39-35-54(36-40-62)50-21-8-2-9-22-50/h2-48H,1H3. The van der Waals surface area contributed by atoms with E-state index >= 15 is 0 Å². The first kappa shape index (κ1) is 47.3. The number of anilines is 3. The zero-order valence-electron chi connectivity index (χ0n) is 44.9. The predicted octanol–water partition coefficient (Wildman–Crippen LogP) is 18.0. The summed E-state index contributed by atoms with van der Waals surface area (Å²) in [7, 11) is 0. The summed E-state index contributed by atoms with van der Waals surface area (Å²) < 4.78 is 2.69. The van der Waals surface area contributed by atoms with Gasteiger partial charge in [-0.2, -0.15) is 0 Å². The molecule has 0 saturated carbocycles. The van der Waals surface area contributed by atoms with Crippen LogP contribution < -0.4 is 15.8 Å². The molecule has 0 saturated heterocycles. The minimum Gasteiger partial charge on any atom is -0.375 e. The molecular weight excluding hydrogens is 994 g/mol. The fraction of sp³-hybridized carbons (Fsp3) is 0.0132. The van der Waals surface area contributed by atoms with Crippen molar-refractivity contribution in [3.63, 3.8) is 0 Å². The normalized spacial score (nSPS) is 12.2. The lowest BCUT2D eigenvalue weighted by molar-refractivity contribution is 1.07. The van der Waals surface area contributed by atoms with Gasteiger partial charge in [0, 0.05) is 61.1 Å². The third kappa shape index (κ3) is 7.83. The average molecular weight is 1040 g/mol. The van der Waals surface area contributed by atoms with Crippen molar-refractivity contribution in [2.45, 2.75) is 6.92 Å². The van der Waals surface area contributed by atoms with E-state index < -0.39 is 0 Å². The van der Waals surface area contributed by atoms with Gasteiger partial charge < -0.3 is 9.38 Å². The number of benzene rings is 12. The number of fused-ring (bicyclic) bond motifs is 7. The van der Waals surface area contributed by atoms with Crippen LogP contribution in [0.5, 0.6) is 0 Å². The molecule has 0 spiro atoms. The van der Waals surface area contributed by atoms with Crippen LogP contribution in [0.4, 0.5) is 17.1 Å². The van der Waals surface area contributed by atoms with Crippen LogP contribution in [0.3, 0.4) is 0 Å². The summed E-state index contributed by atoms with van der Waals surface area (Å²) in [6, 6.07) is 103. The zero-order chi connectivity index (χ0) is 54.3. The Labute approximate surface area is 476 Å². The van der Waals surface area contributed by atoms with Crippen LogP contribution in [-0.2, 0) is 0 Å². The van der Waals surface area contributed by atoms with Crippen molar-refractivity contribution in [2.24, 2.45) is 0 Å². The Morgan fingerprint density at radius 2 is 0.768 bits per heavy atom. The molecule has 0 aliphatic carbocycles. The van der Waals surface area contributed by atoms with Crippen molar-refractivity contribution in [3.05, 3.63) is 291 Å². The molecule has 12 aromatic carbocycles. The van der Waals surface area contributed by atoms with E-state index in [0.29, 0.717) is 17.5 Å². The smallest absolute Gasteiger partial charge is 0.333 e. The van der Waals surface area contributed by atoms with E-state index in [-0.39, 0.29) is 6.85 Å². The first-order chi connectivity index (χ1) is 40.6. The molecular formula is C76H50BN5. The Bertz CT molecular complexity index is 4720. The van der Waals surface area contributed by atoms with E-state index in [0.717, 1.165) is 44.9 Å². The minimum absolute atomic E-state index is 0.182. The van der Waals surface area contributed by atoms with Gasteiger partial charge in [-0.25, -0.2) is 15.0 Å². The summed E-state index contributed by atoms with van der Waals surface area (Å²) in [6.45, 7) is 2.17. The molecule has 0 radical (unpaired) electrons. The highest BCUT2D eigenvalue weighted by atomic mass is 15.2. The summed E-state index contributed by atoms with van der Waals surface area (Å²) >= 11 is 0. The second kappa shape index (κ2) is 19.3. The maximum atomic E-state index is 5.22. The molecule has 4 heterocycles. The van der Waals surface area contributed by atoms with Crippen LogP contribution in [-0.4, -0.2) is 26.3 Å². The number of hydrogen-bond acceptors (Lipinski definition) is 4. The van der Waals surface area contributed by atoms with E-state index in [1.54, 1.807) is 0 Å². The van der Waals surface area contributed by atoms with E-state index in [1.165, 1.54) is 93.9 Å². The third-order valence-corrected chi connectivity index (χ3v) is 16.8. The summed E-state index contributed by atoms with van der Waals surface area (Å²) in [5.41, 5.74) is 26.5. The van der Waals surface area contributed by atoms with Gasteiger partial charge >= 0.3 is 6.85 Å². The van der Waals surface area contributed by atoms with Crippen LogP contribution in [0.15, 0.2) is 285 Å². The monoisotopic (exact) mass is 1040 g/mol. The molecule has 0 bridgehead atoms. The van der Waals surface area contributed by atoms with Crippen molar-refractivity contribution < 1.29 is 0 Å². The lowest BCUT2D eigenvalue weighted by atomic mass is 9.44.